The smallest absolute Gasteiger partial charge is 0.235 e. The molecular weight excluding hydrogens is 496 g/mol. The van der Waals surface area contributed by atoms with Gasteiger partial charge in [-0.15, -0.1) is 0 Å². The number of phenolic OH excluding ortho intramolecular Hbond substituents is 1. The molecule has 1 aromatic heterocycles. The van der Waals surface area contributed by atoms with Crippen molar-refractivity contribution in [1.29, 1.82) is 0 Å². The third kappa shape index (κ3) is 6.12. The van der Waals surface area contributed by atoms with Gasteiger partial charge >= 0.3 is 0 Å². The van der Waals surface area contributed by atoms with E-state index in [1.165, 1.54) is 24.8 Å². The first-order valence-electron chi connectivity index (χ1n) is 13.1. The lowest BCUT2D eigenvalue weighted by Crippen LogP contribution is -2.25. The van der Waals surface area contributed by atoms with Gasteiger partial charge in [0, 0.05) is 37.0 Å². The second-order valence-corrected chi connectivity index (χ2v) is 9.46. The molecule has 0 radical (unpaired) electrons. The Hall–Kier alpha value is -4.17. The quantitative estimate of drug-likeness (QED) is 0.227. The fourth-order valence-electron chi connectivity index (χ4n) is 4.71. The summed E-state index contributed by atoms with van der Waals surface area (Å²) in [4.78, 5) is 17.4. The molecule has 8 heteroatoms. The summed E-state index contributed by atoms with van der Waals surface area (Å²) in [5.41, 5.74) is 2.26. The number of fused-ring (bicyclic) bond motifs is 1. The first kappa shape index (κ1) is 27.9. The van der Waals surface area contributed by atoms with E-state index < -0.39 is 11.2 Å². The van der Waals surface area contributed by atoms with E-state index in [9.17, 15) is 15.0 Å². The zero-order valence-corrected chi connectivity index (χ0v) is 22.9. The maximum Gasteiger partial charge on any atom is 0.235 e. The van der Waals surface area contributed by atoms with Crippen LogP contribution in [0.1, 0.15) is 25.3 Å². The molecule has 0 saturated heterocycles. The van der Waals surface area contributed by atoms with Crippen molar-refractivity contribution in [3.05, 3.63) is 76.5 Å². The van der Waals surface area contributed by atoms with Crippen LogP contribution in [0.15, 0.2) is 69.9 Å². The highest BCUT2D eigenvalue weighted by atomic mass is 16.5. The Morgan fingerprint density at radius 3 is 2.31 bits per heavy atom. The summed E-state index contributed by atoms with van der Waals surface area (Å²) in [5.74, 6) is 0.369. The third-order valence-electron chi connectivity index (χ3n) is 7.00. The van der Waals surface area contributed by atoms with E-state index in [0.29, 0.717) is 5.56 Å². The van der Waals surface area contributed by atoms with Crippen molar-refractivity contribution in [1.82, 2.24) is 4.90 Å². The molecule has 0 spiro atoms. The van der Waals surface area contributed by atoms with E-state index in [0.717, 1.165) is 50.5 Å². The number of benzene rings is 3. The number of methoxy groups -OCH3 is 2. The van der Waals surface area contributed by atoms with Crippen molar-refractivity contribution in [3.63, 3.8) is 0 Å². The number of ether oxygens (including phenoxy) is 2. The summed E-state index contributed by atoms with van der Waals surface area (Å²) < 4.78 is 16.6. The van der Waals surface area contributed by atoms with Gasteiger partial charge in [0.25, 0.3) is 0 Å². The van der Waals surface area contributed by atoms with Crippen molar-refractivity contribution in [3.8, 4) is 34.3 Å². The predicted octanol–water partition coefficient (Wildman–Crippen LogP) is 5.63. The number of hydrogen-bond donors (Lipinski definition) is 2. The van der Waals surface area contributed by atoms with E-state index in [4.69, 9.17) is 13.9 Å². The minimum Gasteiger partial charge on any atom is -0.504 e. The Kier molecular flexibility index (Phi) is 8.99. The van der Waals surface area contributed by atoms with Crippen molar-refractivity contribution in [2.45, 2.75) is 26.3 Å². The highest BCUT2D eigenvalue weighted by Gasteiger charge is 2.20. The SMILES string of the molecule is CCN(CCCCN(C)c1ccc(-c2oc3c(OC)c(O)ccc3c(=O)c2O)cc1)Cc1ccccc1OC. The predicted molar refractivity (Wildman–Crippen MR) is 154 cm³/mol. The normalized spacial score (nSPS) is 11.2. The van der Waals surface area contributed by atoms with Crippen LogP contribution in [0.3, 0.4) is 0 Å². The van der Waals surface area contributed by atoms with E-state index in [1.54, 1.807) is 19.2 Å². The number of hydrogen-bond acceptors (Lipinski definition) is 8. The molecule has 0 unspecified atom stereocenters. The number of nitrogens with zero attached hydrogens (tertiary/aromatic N) is 2. The minimum atomic E-state index is -0.586. The monoisotopic (exact) mass is 532 g/mol. The molecule has 2 N–H and O–H groups in total. The van der Waals surface area contributed by atoms with Crippen LogP contribution in [0, 0.1) is 0 Å². The second-order valence-electron chi connectivity index (χ2n) is 9.46. The highest BCUT2D eigenvalue weighted by molar-refractivity contribution is 5.88. The van der Waals surface area contributed by atoms with E-state index in [1.807, 2.05) is 37.4 Å². The molecule has 39 heavy (non-hydrogen) atoms. The van der Waals surface area contributed by atoms with Crippen LogP contribution in [0.2, 0.25) is 0 Å². The lowest BCUT2D eigenvalue weighted by Gasteiger charge is -2.23. The van der Waals surface area contributed by atoms with E-state index >= 15 is 0 Å². The van der Waals surface area contributed by atoms with Gasteiger partial charge in [-0.3, -0.25) is 9.69 Å². The zero-order chi connectivity index (χ0) is 27.9. The van der Waals surface area contributed by atoms with Gasteiger partial charge in [-0.05, 0) is 68.4 Å². The standard InChI is InChI=1S/C31H36N2O6/c1-5-33(20-22-10-6-7-11-26(22)37-3)19-9-8-18-32(2)23-14-12-21(13-15-23)29-28(36)27(35)24-16-17-25(34)31(38-4)30(24)39-29/h6-7,10-17,34,36H,5,8-9,18-20H2,1-4H3. The summed E-state index contributed by atoms with van der Waals surface area (Å²) in [6.45, 7) is 5.90. The Morgan fingerprint density at radius 2 is 1.62 bits per heavy atom. The summed E-state index contributed by atoms with van der Waals surface area (Å²) in [6.07, 6.45) is 2.10. The average Bonchev–Trinajstić information content (AvgIpc) is 2.96. The minimum absolute atomic E-state index is 0.0281. The first-order valence-corrected chi connectivity index (χ1v) is 13.1. The summed E-state index contributed by atoms with van der Waals surface area (Å²) in [6, 6.07) is 18.3. The number of aromatic hydroxyl groups is 2. The lowest BCUT2D eigenvalue weighted by molar-refractivity contribution is 0.269. The Labute approximate surface area is 228 Å². The fourth-order valence-corrected chi connectivity index (χ4v) is 4.71. The Balaban J connectivity index is 1.39. The van der Waals surface area contributed by atoms with Crippen molar-refractivity contribution in [2.24, 2.45) is 0 Å². The van der Waals surface area contributed by atoms with Gasteiger partial charge in [-0.1, -0.05) is 25.1 Å². The van der Waals surface area contributed by atoms with Crippen LogP contribution in [-0.2, 0) is 6.54 Å². The number of para-hydroxylation sites is 1. The molecule has 8 nitrogen and oxygen atoms in total. The topological polar surface area (TPSA) is 95.6 Å². The Bertz CT molecular complexity index is 1460. The largest absolute Gasteiger partial charge is 0.504 e. The molecule has 1 heterocycles. The summed E-state index contributed by atoms with van der Waals surface area (Å²) in [5, 5.41) is 20.8. The van der Waals surface area contributed by atoms with Gasteiger partial charge in [-0.2, -0.15) is 0 Å². The molecule has 0 bridgehead atoms. The van der Waals surface area contributed by atoms with Crippen LogP contribution in [0.5, 0.6) is 23.0 Å². The van der Waals surface area contributed by atoms with Crippen molar-refractivity contribution in [2.75, 3.05) is 45.8 Å². The lowest BCUT2D eigenvalue weighted by atomic mass is 10.1. The molecule has 4 aromatic rings. The number of anilines is 1. The van der Waals surface area contributed by atoms with Crippen molar-refractivity contribution < 1.29 is 24.1 Å². The van der Waals surface area contributed by atoms with E-state index in [-0.39, 0.29) is 28.2 Å². The van der Waals surface area contributed by atoms with Gasteiger partial charge in [0.2, 0.25) is 16.9 Å². The highest BCUT2D eigenvalue weighted by Crippen LogP contribution is 2.38. The molecule has 0 aliphatic rings. The summed E-state index contributed by atoms with van der Waals surface area (Å²) in [7, 11) is 5.13. The van der Waals surface area contributed by atoms with Crippen LogP contribution >= 0.6 is 0 Å². The molecule has 0 aliphatic heterocycles. The molecule has 0 saturated carbocycles. The molecular formula is C31H36N2O6. The molecule has 206 valence electrons. The number of unbranched alkanes of at least 4 members (excludes halogenated alkanes) is 1. The van der Waals surface area contributed by atoms with Gasteiger partial charge in [0.1, 0.15) is 5.75 Å². The molecule has 0 fully saturated rings. The van der Waals surface area contributed by atoms with Crippen molar-refractivity contribution >= 4 is 16.7 Å². The van der Waals surface area contributed by atoms with Crippen LogP contribution in [0.4, 0.5) is 5.69 Å². The fraction of sp³-hybridized carbons (Fsp3) is 0.323. The number of phenols is 1. The molecule has 3 aromatic carbocycles. The Morgan fingerprint density at radius 1 is 0.897 bits per heavy atom. The summed E-state index contributed by atoms with van der Waals surface area (Å²) >= 11 is 0. The molecule has 0 atom stereocenters. The first-order chi connectivity index (χ1) is 18.9. The van der Waals surface area contributed by atoms with Crippen LogP contribution in [0.25, 0.3) is 22.3 Å². The van der Waals surface area contributed by atoms with E-state index in [2.05, 4.69) is 22.8 Å². The third-order valence-corrected chi connectivity index (χ3v) is 7.00. The van der Waals surface area contributed by atoms with Crippen LogP contribution in [-0.4, -0.2) is 56.0 Å². The molecule has 0 aliphatic carbocycles. The molecule has 4 rings (SSSR count). The average molecular weight is 533 g/mol. The number of rotatable bonds is 12. The van der Waals surface area contributed by atoms with Gasteiger partial charge < -0.3 is 29.0 Å². The maximum absolute atomic E-state index is 12.8. The van der Waals surface area contributed by atoms with Gasteiger partial charge in [0.05, 0.1) is 19.6 Å². The van der Waals surface area contributed by atoms with Crippen LogP contribution < -0.4 is 19.8 Å². The van der Waals surface area contributed by atoms with Gasteiger partial charge in [0.15, 0.2) is 17.1 Å². The zero-order valence-electron chi connectivity index (χ0n) is 22.9. The maximum atomic E-state index is 12.8. The van der Waals surface area contributed by atoms with Gasteiger partial charge in [-0.25, -0.2) is 0 Å². The molecule has 0 amide bonds. The second kappa shape index (κ2) is 12.6.